The van der Waals surface area contributed by atoms with Crippen molar-refractivity contribution in [2.45, 2.75) is 18.9 Å². The number of sulfone groups is 1. The molecule has 6 nitrogen and oxygen atoms in total. The largest absolute Gasteiger partial charge is 0.477 e. The van der Waals surface area contributed by atoms with Crippen molar-refractivity contribution in [3.05, 3.63) is 11.1 Å². The molecule has 2 N–H and O–H groups in total. The van der Waals surface area contributed by atoms with E-state index in [1.165, 1.54) is 6.20 Å². The average molecular weight is 276 g/mol. The summed E-state index contributed by atoms with van der Waals surface area (Å²) in [6.07, 6.45) is 1.78. The Labute approximate surface area is 103 Å². The van der Waals surface area contributed by atoms with Gasteiger partial charge in [-0.25, -0.2) is 18.2 Å². The van der Waals surface area contributed by atoms with Crippen molar-refractivity contribution < 1.29 is 18.3 Å². The molecule has 0 saturated carbocycles. The fourth-order valence-corrected chi connectivity index (χ4v) is 4.69. The highest BCUT2D eigenvalue weighted by atomic mass is 32.2. The highest BCUT2D eigenvalue weighted by Crippen LogP contribution is 2.29. The van der Waals surface area contributed by atoms with E-state index in [2.05, 4.69) is 10.3 Å². The van der Waals surface area contributed by atoms with Gasteiger partial charge in [0.2, 0.25) is 0 Å². The van der Waals surface area contributed by atoms with Crippen molar-refractivity contribution in [3.8, 4) is 0 Å². The molecule has 1 aliphatic rings. The Hall–Kier alpha value is -1.15. The topological polar surface area (TPSA) is 96.4 Å². The van der Waals surface area contributed by atoms with Gasteiger partial charge in [0.25, 0.3) is 0 Å². The fourth-order valence-electron chi connectivity index (χ4n) is 1.80. The number of aromatic carboxylic acids is 1. The first-order valence-corrected chi connectivity index (χ1v) is 7.61. The van der Waals surface area contributed by atoms with E-state index in [1.807, 2.05) is 0 Å². The molecule has 0 bridgehead atoms. The molecule has 0 amide bonds. The van der Waals surface area contributed by atoms with E-state index in [1.54, 1.807) is 6.92 Å². The molecular formula is C9H12N2O4S2. The van der Waals surface area contributed by atoms with E-state index in [-0.39, 0.29) is 16.4 Å². The summed E-state index contributed by atoms with van der Waals surface area (Å²) in [6.45, 7) is 1.80. The van der Waals surface area contributed by atoms with Gasteiger partial charge < -0.3 is 10.4 Å². The summed E-state index contributed by atoms with van der Waals surface area (Å²) >= 11 is 1.01. The van der Waals surface area contributed by atoms with Crippen LogP contribution in [0.25, 0.3) is 0 Å². The molecule has 1 aromatic heterocycles. The van der Waals surface area contributed by atoms with Gasteiger partial charge in [0.15, 0.2) is 15.0 Å². The third kappa shape index (κ3) is 2.75. The number of aromatic nitrogens is 1. The minimum atomic E-state index is -2.99. The van der Waals surface area contributed by atoms with E-state index in [0.717, 1.165) is 11.3 Å². The van der Waals surface area contributed by atoms with Gasteiger partial charge in [-0.2, -0.15) is 0 Å². The van der Waals surface area contributed by atoms with Gasteiger partial charge in [0, 0.05) is 0 Å². The first-order chi connectivity index (χ1) is 7.80. The second-order valence-electron chi connectivity index (χ2n) is 4.36. The number of nitrogens with zero attached hydrogens (tertiary/aromatic N) is 1. The third-order valence-electron chi connectivity index (χ3n) is 2.63. The molecule has 8 heteroatoms. The number of hydrogen-bond donors (Lipinski definition) is 2. The number of rotatable bonds is 3. The molecule has 0 aliphatic carbocycles. The minimum absolute atomic E-state index is 0.0575. The van der Waals surface area contributed by atoms with Crippen molar-refractivity contribution in [2.75, 3.05) is 16.8 Å². The van der Waals surface area contributed by atoms with Crippen LogP contribution >= 0.6 is 11.3 Å². The summed E-state index contributed by atoms with van der Waals surface area (Å²) < 4.78 is 22.8. The van der Waals surface area contributed by atoms with Gasteiger partial charge in [-0.05, 0) is 13.3 Å². The lowest BCUT2D eigenvalue weighted by atomic mass is 10.0. The maximum absolute atomic E-state index is 11.4. The smallest absolute Gasteiger partial charge is 0.347 e. The Morgan fingerprint density at radius 2 is 2.35 bits per heavy atom. The number of thiazole rings is 1. The van der Waals surface area contributed by atoms with Gasteiger partial charge in [0.1, 0.15) is 4.88 Å². The van der Waals surface area contributed by atoms with Crippen LogP contribution in [0.4, 0.5) is 5.13 Å². The van der Waals surface area contributed by atoms with Crippen LogP contribution in [0.1, 0.15) is 23.0 Å². The summed E-state index contributed by atoms with van der Waals surface area (Å²) in [6, 6.07) is 0. The molecule has 2 heterocycles. The molecule has 1 atom stereocenters. The van der Waals surface area contributed by atoms with Crippen LogP contribution in [-0.2, 0) is 9.84 Å². The zero-order valence-corrected chi connectivity index (χ0v) is 10.8. The van der Waals surface area contributed by atoms with Crippen LogP contribution in [0.15, 0.2) is 6.20 Å². The van der Waals surface area contributed by atoms with Crippen molar-refractivity contribution in [3.63, 3.8) is 0 Å². The maximum Gasteiger partial charge on any atom is 0.347 e. The molecule has 1 aromatic rings. The maximum atomic E-state index is 11.4. The van der Waals surface area contributed by atoms with Crippen LogP contribution in [0, 0.1) is 0 Å². The Bertz CT molecular complexity index is 551. The van der Waals surface area contributed by atoms with Crippen molar-refractivity contribution >= 4 is 32.3 Å². The molecular weight excluding hydrogens is 264 g/mol. The van der Waals surface area contributed by atoms with Crippen LogP contribution in [0.2, 0.25) is 0 Å². The minimum Gasteiger partial charge on any atom is -0.477 e. The summed E-state index contributed by atoms with van der Waals surface area (Å²) in [5, 5.41) is 12.2. The van der Waals surface area contributed by atoms with Gasteiger partial charge in [0.05, 0.1) is 23.2 Å². The van der Waals surface area contributed by atoms with Crippen molar-refractivity contribution in [1.29, 1.82) is 0 Å². The summed E-state index contributed by atoms with van der Waals surface area (Å²) in [4.78, 5) is 14.7. The van der Waals surface area contributed by atoms with E-state index >= 15 is 0 Å². The second kappa shape index (κ2) is 3.95. The number of carbonyl (C=O) groups is 1. The Morgan fingerprint density at radius 1 is 1.65 bits per heavy atom. The molecule has 1 unspecified atom stereocenters. The first-order valence-electron chi connectivity index (χ1n) is 4.97. The van der Waals surface area contributed by atoms with Crippen molar-refractivity contribution in [2.24, 2.45) is 0 Å². The Morgan fingerprint density at radius 3 is 2.82 bits per heavy atom. The quantitative estimate of drug-likeness (QED) is 0.849. The number of carboxylic acid groups (broad SMARTS) is 1. The monoisotopic (exact) mass is 276 g/mol. The molecule has 1 saturated heterocycles. The van der Waals surface area contributed by atoms with Crippen LogP contribution in [-0.4, -0.2) is 41.5 Å². The highest BCUT2D eigenvalue weighted by Gasteiger charge is 2.38. The third-order valence-corrected chi connectivity index (χ3v) is 5.43. The van der Waals surface area contributed by atoms with E-state index in [9.17, 15) is 13.2 Å². The SMILES string of the molecule is CC1(Nc2ncc(C(=O)O)s2)CCS(=O)(=O)C1. The van der Waals surface area contributed by atoms with Crippen LogP contribution in [0.5, 0.6) is 0 Å². The summed E-state index contributed by atoms with van der Waals surface area (Å²) in [7, 11) is -2.99. The zero-order chi connectivity index (χ0) is 12.7. The molecule has 0 spiro atoms. The molecule has 1 aliphatic heterocycles. The van der Waals surface area contributed by atoms with Gasteiger partial charge >= 0.3 is 5.97 Å². The summed E-state index contributed by atoms with van der Waals surface area (Å²) in [5.74, 6) is -0.810. The Balaban J connectivity index is 2.13. The molecule has 17 heavy (non-hydrogen) atoms. The molecule has 2 rings (SSSR count). The lowest BCUT2D eigenvalue weighted by Crippen LogP contribution is -2.35. The normalized spacial score (nSPS) is 26.9. The predicted molar refractivity (Wildman–Crippen MR) is 64.4 cm³/mol. The van der Waals surface area contributed by atoms with Crippen LogP contribution in [0.3, 0.4) is 0 Å². The van der Waals surface area contributed by atoms with Gasteiger partial charge in [-0.3, -0.25) is 0 Å². The lowest BCUT2D eigenvalue weighted by Gasteiger charge is -2.23. The van der Waals surface area contributed by atoms with Crippen LogP contribution < -0.4 is 5.32 Å². The van der Waals surface area contributed by atoms with E-state index in [0.29, 0.717) is 11.6 Å². The number of nitrogens with one attached hydrogen (secondary N) is 1. The predicted octanol–water partition coefficient (Wildman–Crippen LogP) is 0.830. The lowest BCUT2D eigenvalue weighted by molar-refractivity contribution is 0.0702. The van der Waals surface area contributed by atoms with E-state index < -0.39 is 21.3 Å². The van der Waals surface area contributed by atoms with Gasteiger partial charge in [-0.15, -0.1) is 0 Å². The molecule has 94 valence electrons. The van der Waals surface area contributed by atoms with Crippen molar-refractivity contribution in [1.82, 2.24) is 4.98 Å². The van der Waals surface area contributed by atoms with Gasteiger partial charge in [-0.1, -0.05) is 11.3 Å². The number of anilines is 1. The fraction of sp³-hybridized carbons (Fsp3) is 0.556. The average Bonchev–Trinajstić information content (AvgIpc) is 2.72. The number of hydrogen-bond acceptors (Lipinski definition) is 6. The first kappa shape index (κ1) is 12.3. The highest BCUT2D eigenvalue weighted by molar-refractivity contribution is 7.91. The Kier molecular flexibility index (Phi) is 2.86. The number of carboxylic acids is 1. The zero-order valence-electron chi connectivity index (χ0n) is 9.13. The molecule has 1 fully saturated rings. The second-order valence-corrected chi connectivity index (χ2v) is 7.58. The molecule has 0 radical (unpaired) electrons. The van der Waals surface area contributed by atoms with E-state index in [4.69, 9.17) is 5.11 Å². The molecule has 0 aromatic carbocycles. The summed E-state index contributed by atoms with van der Waals surface area (Å²) in [5.41, 5.74) is -0.549. The standard InChI is InChI=1S/C9H12N2O4S2/c1-9(2-3-17(14,15)5-9)11-8-10-4-6(16-8)7(12)13/h4H,2-3,5H2,1H3,(H,10,11)(H,12,13).